The zero-order valence-corrected chi connectivity index (χ0v) is 17.2. The highest BCUT2D eigenvalue weighted by molar-refractivity contribution is 7.99. The molecular weight excluding hydrogens is 385 g/mol. The predicted molar refractivity (Wildman–Crippen MR) is 108 cm³/mol. The first-order valence-corrected chi connectivity index (χ1v) is 10.2. The minimum atomic E-state index is -0.262. The average Bonchev–Trinajstić information content (AvgIpc) is 2.92. The number of nitrogens with one attached hydrogen (secondary N) is 1. The van der Waals surface area contributed by atoms with E-state index in [4.69, 9.17) is 0 Å². The number of halogens is 1. The standard InChI is InChI=1S/C19H20FN3O2S2/c1-10-7-13(5-6-14(10)20)8-21-15(24)9-26-19-22-17-16(18(25)23(19)4)11(2)12(3)27-17/h5-7H,8-9H2,1-4H3,(H,21,24). The summed E-state index contributed by atoms with van der Waals surface area (Å²) in [6.07, 6.45) is 0. The van der Waals surface area contributed by atoms with Gasteiger partial charge in [0.1, 0.15) is 10.6 Å². The van der Waals surface area contributed by atoms with Gasteiger partial charge in [0.25, 0.3) is 5.56 Å². The normalized spacial score (nSPS) is 11.1. The van der Waals surface area contributed by atoms with E-state index in [0.29, 0.717) is 27.5 Å². The zero-order valence-electron chi connectivity index (χ0n) is 15.6. The maximum atomic E-state index is 13.3. The Kier molecular flexibility index (Phi) is 5.67. The second kappa shape index (κ2) is 7.82. The highest BCUT2D eigenvalue weighted by atomic mass is 32.2. The molecule has 2 aromatic heterocycles. The summed E-state index contributed by atoms with van der Waals surface area (Å²) in [5.41, 5.74) is 2.26. The van der Waals surface area contributed by atoms with Crippen LogP contribution in [0.25, 0.3) is 10.2 Å². The van der Waals surface area contributed by atoms with E-state index in [0.717, 1.165) is 16.0 Å². The third-order valence-electron chi connectivity index (χ3n) is 4.41. The summed E-state index contributed by atoms with van der Waals surface area (Å²) in [6, 6.07) is 4.76. The molecule has 0 atom stereocenters. The first-order chi connectivity index (χ1) is 12.8. The van der Waals surface area contributed by atoms with Crippen LogP contribution in [0.1, 0.15) is 21.6 Å². The van der Waals surface area contributed by atoms with Crippen molar-refractivity contribution in [3.8, 4) is 0 Å². The van der Waals surface area contributed by atoms with Crippen molar-refractivity contribution in [1.82, 2.24) is 14.9 Å². The average molecular weight is 406 g/mol. The summed E-state index contributed by atoms with van der Waals surface area (Å²) < 4.78 is 14.8. The summed E-state index contributed by atoms with van der Waals surface area (Å²) in [7, 11) is 1.67. The molecule has 1 aromatic carbocycles. The number of fused-ring (bicyclic) bond motifs is 1. The van der Waals surface area contributed by atoms with E-state index >= 15 is 0 Å². The van der Waals surface area contributed by atoms with Gasteiger partial charge in [0.15, 0.2) is 5.16 Å². The van der Waals surface area contributed by atoms with Crippen molar-refractivity contribution < 1.29 is 9.18 Å². The Morgan fingerprint density at radius 2 is 2.07 bits per heavy atom. The SMILES string of the molecule is Cc1cc(CNC(=O)CSc2nc3sc(C)c(C)c3c(=O)n2C)ccc1F. The number of aromatic nitrogens is 2. The first-order valence-electron chi connectivity index (χ1n) is 8.39. The molecule has 0 fully saturated rings. The highest BCUT2D eigenvalue weighted by Gasteiger charge is 2.15. The van der Waals surface area contributed by atoms with E-state index in [1.807, 2.05) is 13.8 Å². The third-order valence-corrected chi connectivity index (χ3v) is 6.54. The number of rotatable bonds is 5. The minimum Gasteiger partial charge on any atom is -0.351 e. The van der Waals surface area contributed by atoms with E-state index in [1.54, 1.807) is 26.1 Å². The van der Waals surface area contributed by atoms with Crippen LogP contribution in [0.15, 0.2) is 28.2 Å². The lowest BCUT2D eigenvalue weighted by molar-refractivity contribution is -0.118. The molecule has 1 amide bonds. The number of amides is 1. The lowest BCUT2D eigenvalue weighted by atomic mass is 10.1. The smallest absolute Gasteiger partial charge is 0.262 e. The number of carbonyl (C=O) groups excluding carboxylic acids is 1. The van der Waals surface area contributed by atoms with Crippen molar-refractivity contribution >= 4 is 39.2 Å². The van der Waals surface area contributed by atoms with E-state index < -0.39 is 0 Å². The second-order valence-electron chi connectivity index (χ2n) is 6.37. The van der Waals surface area contributed by atoms with E-state index in [9.17, 15) is 14.0 Å². The molecule has 0 aliphatic carbocycles. The van der Waals surface area contributed by atoms with E-state index in [1.165, 1.54) is 33.7 Å². The zero-order chi connectivity index (χ0) is 19.7. The Morgan fingerprint density at radius 1 is 1.33 bits per heavy atom. The minimum absolute atomic E-state index is 0.0912. The molecule has 8 heteroatoms. The van der Waals surface area contributed by atoms with Gasteiger partial charge in [-0.25, -0.2) is 9.37 Å². The molecule has 0 saturated heterocycles. The van der Waals surface area contributed by atoms with Crippen LogP contribution in [0, 0.1) is 26.6 Å². The van der Waals surface area contributed by atoms with Gasteiger partial charge in [-0.15, -0.1) is 11.3 Å². The molecule has 1 N–H and O–H groups in total. The van der Waals surface area contributed by atoms with Gasteiger partial charge >= 0.3 is 0 Å². The Hall–Kier alpha value is -2.19. The van der Waals surface area contributed by atoms with Crippen LogP contribution >= 0.6 is 23.1 Å². The Balaban J connectivity index is 1.67. The second-order valence-corrected chi connectivity index (χ2v) is 8.52. The molecular formula is C19H20FN3O2S2. The lowest BCUT2D eigenvalue weighted by Gasteiger charge is -2.08. The van der Waals surface area contributed by atoms with Crippen molar-refractivity contribution in [3.05, 3.63) is 55.9 Å². The van der Waals surface area contributed by atoms with Crippen LogP contribution in [0.5, 0.6) is 0 Å². The number of benzene rings is 1. The van der Waals surface area contributed by atoms with Crippen molar-refractivity contribution in [1.29, 1.82) is 0 Å². The van der Waals surface area contributed by atoms with Crippen molar-refractivity contribution in [2.45, 2.75) is 32.5 Å². The Morgan fingerprint density at radius 3 is 2.78 bits per heavy atom. The predicted octanol–water partition coefficient (Wildman–Crippen LogP) is 3.47. The van der Waals surface area contributed by atoms with Crippen LogP contribution in [-0.4, -0.2) is 21.2 Å². The monoisotopic (exact) mass is 405 g/mol. The number of thiophene rings is 1. The first kappa shape index (κ1) is 19.6. The molecule has 27 heavy (non-hydrogen) atoms. The molecule has 142 valence electrons. The summed E-state index contributed by atoms with van der Waals surface area (Å²) in [6.45, 7) is 5.91. The fourth-order valence-electron chi connectivity index (χ4n) is 2.68. The molecule has 0 aliphatic rings. The summed E-state index contributed by atoms with van der Waals surface area (Å²) in [5.74, 6) is -0.285. The van der Waals surface area contributed by atoms with Crippen LogP contribution < -0.4 is 10.9 Å². The maximum absolute atomic E-state index is 13.3. The molecule has 3 rings (SSSR count). The number of carbonyl (C=O) groups is 1. The van der Waals surface area contributed by atoms with Gasteiger partial charge < -0.3 is 5.32 Å². The molecule has 0 radical (unpaired) electrons. The van der Waals surface area contributed by atoms with Crippen LogP contribution in [0.4, 0.5) is 4.39 Å². The molecule has 0 unspecified atom stereocenters. The van der Waals surface area contributed by atoms with E-state index in [-0.39, 0.29) is 23.0 Å². The van der Waals surface area contributed by atoms with E-state index in [2.05, 4.69) is 10.3 Å². The van der Waals surface area contributed by atoms with Gasteiger partial charge in [0, 0.05) is 18.5 Å². The summed E-state index contributed by atoms with van der Waals surface area (Å²) in [5, 5.41) is 3.97. The molecule has 5 nitrogen and oxygen atoms in total. The number of thioether (sulfide) groups is 1. The van der Waals surface area contributed by atoms with Gasteiger partial charge in [-0.1, -0.05) is 23.9 Å². The van der Waals surface area contributed by atoms with Crippen molar-refractivity contribution in [2.24, 2.45) is 7.05 Å². The highest BCUT2D eigenvalue weighted by Crippen LogP contribution is 2.27. The molecule has 0 aliphatic heterocycles. The number of aryl methyl sites for hydroxylation is 3. The fourth-order valence-corrected chi connectivity index (χ4v) is 4.56. The Bertz CT molecular complexity index is 1090. The van der Waals surface area contributed by atoms with Gasteiger partial charge in [-0.2, -0.15) is 0 Å². The number of hydrogen-bond acceptors (Lipinski definition) is 5. The molecule has 0 spiro atoms. The van der Waals surface area contributed by atoms with Gasteiger partial charge in [0.2, 0.25) is 5.91 Å². The third kappa shape index (κ3) is 4.06. The topological polar surface area (TPSA) is 64.0 Å². The number of hydrogen-bond donors (Lipinski definition) is 1. The van der Waals surface area contributed by atoms with Gasteiger partial charge in [-0.05, 0) is 43.5 Å². The summed E-state index contributed by atoms with van der Waals surface area (Å²) in [4.78, 5) is 31.1. The van der Waals surface area contributed by atoms with Gasteiger partial charge in [-0.3, -0.25) is 14.2 Å². The molecule has 3 aromatic rings. The molecule has 0 bridgehead atoms. The number of nitrogens with zero attached hydrogens (tertiary/aromatic N) is 2. The molecule has 2 heterocycles. The molecule has 0 saturated carbocycles. The maximum Gasteiger partial charge on any atom is 0.262 e. The quantitative estimate of drug-likeness (QED) is 0.522. The van der Waals surface area contributed by atoms with Crippen molar-refractivity contribution in [3.63, 3.8) is 0 Å². The summed E-state index contributed by atoms with van der Waals surface area (Å²) >= 11 is 2.72. The van der Waals surface area contributed by atoms with Crippen LogP contribution in [-0.2, 0) is 18.4 Å². The van der Waals surface area contributed by atoms with Crippen molar-refractivity contribution in [2.75, 3.05) is 5.75 Å². The fraction of sp³-hybridized carbons (Fsp3) is 0.316. The van der Waals surface area contributed by atoms with Crippen LogP contribution in [0.3, 0.4) is 0 Å². The van der Waals surface area contributed by atoms with Crippen LogP contribution in [0.2, 0.25) is 0 Å². The lowest BCUT2D eigenvalue weighted by Crippen LogP contribution is -2.26. The largest absolute Gasteiger partial charge is 0.351 e. The van der Waals surface area contributed by atoms with Gasteiger partial charge in [0.05, 0.1) is 11.1 Å². The Labute approximate surface area is 164 Å².